The second-order valence-electron chi connectivity index (χ2n) is 7.60. The number of Topliss-reactive ketones (excluding diaryl/α,β-unsaturated/α-hetero) is 1. The third kappa shape index (κ3) is 3.37. The largest absolute Gasteiger partial charge is 0.299 e. The summed E-state index contributed by atoms with van der Waals surface area (Å²) >= 11 is 0. The Morgan fingerprint density at radius 1 is 0.960 bits per heavy atom. The highest BCUT2D eigenvalue weighted by atomic mass is 16.1. The molecule has 1 heteroatoms. The fourth-order valence-corrected chi connectivity index (χ4v) is 3.75. The molecule has 2 unspecified atom stereocenters. The average molecular weight is 328 g/mol. The van der Waals surface area contributed by atoms with Crippen molar-refractivity contribution >= 4 is 16.6 Å². The molecule has 4 rings (SSSR count). The predicted octanol–water partition coefficient (Wildman–Crippen LogP) is 5.88. The van der Waals surface area contributed by atoms with E-state index in [0.29, 0.717) is 24.0 Å². The first-order valence-corrected chi connectivity index (χ1v) is 9.22. The molecule has 1 aliphatic rings. The van der Waals surface area contributed by atoms with Crippen molar-refractivity contribution in [3.8, 4) is 0 Å². The molecule has 25 heavy (non-hydrogen) atoms. The molecule has 1 fully saturated rings. The average Bonchev–Trinajstić information content (AvgIpc) is 3.43. The van der Waals surface area contributed by atoms with Gasteiger partial charge in [-0.25, -0.2) is 0 Å². The van der Waals surface area contributed by atoms with Crippen molar-refractivity contribution in [2.45, 2.75) is 38.5 Å². The van der Waals surface area contributed by atoms with Gasteiger partial charge in [0.05, 0.1) is 0 Å². The van der Waals surface area contributed by atoms with Gasteiger partial charge in [0.25, 0.3) is 0 Å². The van der Waals surface area contributed by atoms with Crippen molar-refractivity contribution in [3.63, 3.8) is 0 Å². The number of ketones is 1. The van der Waals surface area contributed by atoms with Crippen LogP contribution in [0.3, 0.4) is 0 Å². The van der Waals surface area contributed by atoms with E-state index in [9.17, 15) is 4.79 Å². The van der Waals surface area contributed by atoms with Gasteiger partial charge < -0.3 is 0 Å². The molecule has 0 heterocycles. The van der Waals surface area contributed by atoms with Gasteiger partial charge >= 0.3 is 0 Å². The SMILES string of the molecule is CC(C)c1cccc(C2CC2C(=O)Cc2ccc3ccccc3c2)c1. The lowest BCUT2D eigenvalue weighted by Crippen LogP contribution is -2.06. The lowest BCUT2D eigenvalue weighted by Gasteiger charge is -2.08. The van der Waals surface area contributed by atoms with Crippen LogP contribution in [0.1, 0.15) is 48.8 Å². The molecule has 1 nitrogen and oxygen atoms in total. The van der Waals surface area contributed by atoms with E-state index in [1.165, 1.54) is 21.9 Å². The first-order chi connectivity index (χ1) is 12.1. The van der Waals surface area contributed by atoms with E-state index < -0.39 is 0 Å². The van der Waals surface area contributed by atoms with Gasteiger partial charge in [0.2, 0.25) is 0 Å². The van der Waals surface area contributed by atoms with Gasteiger partial charge in [-0.2, -0.15) is 0 Å². The zero-order valence-corrected chi connectivity index (χ0v) is 14.9. The Morgan fingerprint density at radius 2 is 1.76 bits per heavy atom. The number of benzene rings is 3. The highest BCUT2D eigenvalue weighted by Gasteiger charge is 2.43. The van der Waals surface area contributed by atoms with Crippen LogP contribution in [0, 0.1) is 5.92 Å². The van der Waals surface area contributed by atoms with Crippen LogP contribution >= 0.6 is 0 Å². The quantitative estimate of drug-likeness (QED) is 0.571. The first kappa shape index (κ1) is 16.1. The molecular formula is C24H24O. The van der Waals surface area contributed by atoms with Crippen molar-refractivity contribution in [2.24, 2.45) is 5.92 Å². The minimum Gasteiger partial charge on any atom is -0.299 e. The monoisotopic (exact) mass is 328 g/mol. The number of carbonyl (C=O) groups excluding carboxylic acids is 1. The van der Waals surface area contributed by atoms with Gasteiger partial charge in [-0.05, 0) is 45.7 Å². The summed E-state index contributed by atoms with van der Waals surface area (Å²) in [6, 6.07) is 23.5. The molecule has 0 radical (unpaired) electrons. The number of carbonyl (C=O) groups is 1. The van der Waals surface area contributed by atoms with E-state index in [2.05, 4.69) is 68.4 Å². The van der Waals surface area contributed by atoms with Crippen molar-refractivity contribution in [1.82, 2.24) is 0 Å². The van der Waals surface area contributed by atoms with Gasteiger partial charge in [-0.15, -0.1) is 0 Å². The molecule has 126 valence electrons. The molecule has 3 aromatic rings. The second kappa shape index (κ2) is 6.48. The Labute approximate surface area is 149 Å². The fourth-order valence-electron chi connectivity index (χ4n) is 3.75. The van der Waals surface area contributed by atoms with E-state index in [0.717, 1.165) is 12.0 Å². The van der Waals surface area contributed by atoms with Crippen LogP contribution in [-0.4, -0.2) is 5.78 Å². The molecule has 0 aliphatic heterocycles. The van der Waals surface area contributed by atoms with Gasteiger partial charge in [-0.1, -0.05) is 80.6 Å². The highest BCUT2D eigenvalue weighted by Crippen LogP contribution is 2.48. The summed E-state index contributed by atoms with van der Waals surface area (Å²) < 4.78 is 0. The van der Waals surface area contributed by atoms with E-state index in [1.807, 2.05) is 12.1 Å². The predicted molar refractivity (Wildman–Crippen MR) is 104 cm³/mol. The maximum atomic E-state index is 12.7. The molecular weight excluding hydrogens is 304 g/mol. The van der Waals surface area contributed by atoms with Crippen molar-refractivity contribution in [1.29, 1.82) is 0 Å². The van der Waals surface area contributed by atoms with Crippen LogP contribution in [0.5, 0.6) is 0 Å². The van der Waals surface area contributed by atoms with Crippen molar-refractivity contribution < 1.29 is 4.79 Å². The number of fused-ring (bicyclic) bond motifs is 1. The summed E-state index contributed by atoms with van der Waals surface area (Å²) in [4.78, 5) is 12.7. The van der Waals surface area contributed by atoms with Crippen molar-refractivity contribution in [3.05, 3.63) is 83.4 Å². The van der Waals surface area contributed by atoms with Crippen molar-refractivity contribution in [2.75, 3.05) is 0 Å². The summed E-state index contributed by atoms with van der Waals surface area (Å²) in [6.07, 6.45) is 1.56. The zero-order valence-electron chi connectivity index (χ0n) is 14.9. The lowest BCUT2D eigenvalue weighted by atomic mass is 9.97. The lowest BCUT2D eigenvalue weighted by molar-refractivity contribution is -0.119. The summed E-state index contributed by atoms with van der Waals surface area (Å²) in [5.74, 6) is 1.54. The normalized spacial score (nSPS) is 19.3. The number of hydrogen-bond donors (Lipinski definition) is 0. The molecule has 0 N–H and O–H groups in total. The first-order valence-electron chi connectivity index (χ1n) is 9.22. The van der Waals surface area contributed by atoms with E-state index in [-0.39, 0.29) is 5.92 Å². The van der Waals surface area contributed by atoms with E-state index in [4.69, 9.17) is 0 Å². The Bertz CT molecular complexity index is 922. The topological polar surface area (TPSA) is 17.1 Å². The minimum atomic E-state index is 0.203. The Morgan fingerprint density at radius 3 is 2.56 bits per heavy atom. The Kier molecular flexibility index (Phi) is 4.17. The molecule has 0 bridgehead atoms. The highest BCUT2D eigenvalue weighted by molar-refractivity contribution is 5.89. The van der Waals surface area contributed by atoms with Crippen LogP contribution in [0.4, 0.5) is 0 Å². The van der Waals surface area contributed by atoms with Crippen LogP contribution in [0.25, 0.3) is 10.8 Å². The van der Waals surface area contributed by atoms with E-state index >= 15 is 0 Å². The minimum absolute atomic E-state index is 0.203. The molecule has 1 aliphatic carbocycles. The maximum Gasteiger partial charge on any atom is 0.140 e. The third-order valence-electron chi connectivity index (χ3n) is 5.40. The van der Waals surface area contributed by atoms with Crippen LogP contribution < -0.4 is 0 Å². The van der Waals surface area contributed by atoms with Crippen LogP contribution in [0.2, 0.25) is 0 Å². The Hall–Kier alpha value is -2.41. The van der Waals surface area contributed by atoms with E-state index in [1.54, 1.807) is 0 Å². The van der Waals surface area contributed by atoms with Gasteiger partial charge in [0.15, 0.2) is 0 Å². The standard InChI is InChI=1S/C24H24O/c1-16(2)19-8-5-9-21(14-19)22-15-23(22)24(25)13-17-10-11-18-6-3-4-7-20(18)12-17/h3-12,14,16,22-23H,13,15H2,1-2H3. The smallest absolute Gasteiger partial charge is 0.140 e. The molecule has 0 saturated heterocycles. The molecule has 1 saturated carbocycles. The van der Waals surface area contributed by atoms with Gasteiger partial charge in [0, 0.05) is 12.3 Å². The maximum absolute atomic E-state index is 12.7. The summed E-state index contributed by atoms with van der Waals surface area (Å²) in [5.41, 5.74) is 3.83. The number of rotatable bonds is 5. The summed E-state index contributed by atoms with van der Waals surface area (Å²) in [6.45, 7) is 4.43. The van der Waals surface area contributed by atoms with Crippen LogP contribution in [-0.2, 0) is 11.2 Å². The third-order valence-corrected chi connectivity index (χ3v) is 5.40. The molecule has 3 aromatic carbocycles. The van der Waals surface area contributed by atoms with Gasteiger partial charge in [-0.3, -0.25) is 4.79 Å². The summed E-state index contributed by atoms with van der Waals surface area (Å²) in [7, 11) is 0. The molecule has 0 aromatic heterocycles. The molecule has 0 spiro atoms. The molecule has 2 atom stereocenters. The Balaban J connectivity index is 1.46. The van der Waals surface area contributed by atoms with Crippen LogP contribution in [0.15, 0.2) is 66.7 Å². The molecule has 0 amide bonds. The number of hydrogen-bond acceptors (Lipinski definition) is 1. The summed E-state index contributed by atoms with van der Waals surface area (Å²) in [5, 5.41) is 2.44. The zero-order chi connectivity index (χ0) is 17.4. The second-order valence-corrected chi connectivity index (χ2v) is 7.60. The van der Waals surface area contributed by atoms with Gasteiger partial charge in [0.1, 0.15) is 5.78 Å². The fraction of sp³-hybridized carbons (Fsp3) is 0.292.